The predicted octanol–water partition coefficient (Wildman–Crippen LogP) is 2.30. The minimum Gasteiger partial charge on any atom is -0.337 e. The van der Waals surface area contributed by atoms with E-state index in [1.165, 1.54) is 5.56 Å². The minimum absolute atomic E-state index is 0.0947. The number of carbonyl (C=O) groups excluding carboxylic acids is 1. The van der Waals surface area contributed by atoms with Crippen LogP contribution in [0.5, 0.6) is 0 Å². The number of fused-ring (bicyclic) bond motifs is 1. The number of aromatic nitrogens is 4. The van der Waals surface area contributed by atoms with E-state index in [2.05, 4.69) is 41.0 Å². The van der Waals surface area contributed by atoms with Gasteiger partial charge in [0.05, 0.1) is 11.4 Å². The second kappa shape index (κ2) is 7.46. The SMILES string of the molecule is Cc1n[nH]c(C)c1CC(C)N1CCCn2nc(C(=O)N3CCCC3)cc2C1. The van der Waals surface area contributed by atoms with Gasteiger partial charge < -0.3 is 4.90 Å². The topological polar surface area (TPSA) is 70.0 Å². The van der Waals surface area contributed by atoms with Gasteiger partial charge in [0.2, 0.25) is 0 Å². The van der Waals surface area contributed by atoms with Crippen molar-refractivity contribution in [3.05, 3.63) is 34.4 Å². The van der Waals surface area contributed by atoms with Crippen molar-refractivity contribution in [1.29, 1.82) is 0 Å². The van der Waals surface area contributed by atoms with Crippen LogP contribution in [0.15, 0.2) is 6.07 Å². The van der Waals surface area contributed by atoms with Crippen LogP contribution in [-0.2, 0) is 19.5 Å². The Labute approximate surface area is 160 Å². The van der Waals surface area contributed by atoms with Gasteiger partial charge in [0.25, 0.3) is 5.91 Å². The third-order valence-corrected chi connectivity index (χ3v) is 6.06. The largest absolute Gasteiger partial charge is 0.337 e. The Morgan fingerprint density at radius 1 is 1.19 bits per heavy atom. The molecule has 0 aromatic carbocycles. The minimum atomic E-state index is 0.0947. The molecule has 1 N–H and O–H groups in total. The van der Waals surface area contributed by atoms with Crippen LogP contribution in [0.25, 0.3) is 0 Å². The van der Waals surface area contributed by atoms with Gasteiger partial charge in [-0.05, 0) is 58.1 Å². The smallest absolute Gasteiger partial charge is 0.274 e. The van der Waals surface area contributed by atoms with Gasteiger partial charge in [0, 0.05) is 44.5 Å². The first-order valence-electron chi connectivity index (χ1n) is 10.1. The van der Waals surface area contributed by atoms with Gasteiger partial charge >= 0.3 is 0 Å². The maximum atomic E-state index is 12.7. The van der Waals surface area contributed by atoms with E-state index in [1.807, 2.05) is 15.6 Å². The van der Waals surface area contributed by atoms with Crippen molar-refractivity contribution in [3.63, 3.8) is 0 Å². The molecule has 146 valence electrons. The average Bonchev–Trinajstić information content (AvgIpc) is 3.36. The van der Waals surface area contributed by atoms with E-state index >= 15 is 0 Å². The van der Waals surface area contributed by atoms with Gasteiger partial charge in [-0.1, -0.05) is 0 Å². The maximum Gasteiger partial charge on any atom is 0.274 e. The summed E-state index contributed by atoms with van der Waals surface area (Å²) in [5.41, 5.74) is 5.35. The van der Waals surface area contributed by atoms with Crippen molar-refractivity contribution >= 4 is 5.91 Å². The van der Waals surface area contributed by atoms with E-state index in [4.69, 9.17) is 0 Å². The number of aromatic amines is 1. The van der Waals surface area contributed by atoms with E-state index in [0.717, 1.165) is 75.5 Å². The Bertz CT molecular complexity index is 797. The van der Waals surface area contributed by atoms with Gasteiger partial charge in [0.15, 0.2) is 5.69 Å². The highest BCUT2D eigenvalue weighted by molar-refractivity contribution is 5.92. The number of hydrogen-bond donors (Lipinski definition) is 1. The number of likely N-dealkylation sites (tertiary alicyclic amines) is 1. The maximum absolute atomic E-state index is 12.7. The first-order valence-corrected chi connectivity index (χ1v) is 10.1. The van der Waals surface area contributed by atoms with Crippen LogP contribution in [0.1, 0.15) is 59.3 Å². The van der Waals surface area contributed by atoms with Crippen molar-refractivity contribution in [2.45, 2.75) is 65.6 Å². The van der Waals surface area contributed by atoms with Crippen molar-refractivity contribution < 1.29 is 4.79 Å². The normalized spacial score (nSPS) is 19.1. The van der Waals surface area contributed by atoms with Crippen molar-refractivity contribution in [2.75, 3.05) is 19.6 Å². The molecule has 0 aliphatic carbocycles. The molecule has 2 aromatic heterocycles. The molecule has 0 radical (unpaired) electrons. The molecule has 1 saturated heterocycles. The Kier molecular flexibility index (Phi) is 5.04. The standard InChI is InChI=1S/C20H30N6O/c1-14(11-18-15(2)21-22-16(18)3)25-9-6-10-26-17(13-25)12-19(23-26)20(27)24-7-4-5-8-24/h12,14H,4-11,13H2,1-3H3,(H,21,22). The van der Waals surface area contributed by atoms with Crippen LogP contribution in [0.3, 0.4) is 0 Å². The highest BCUT2D eigenvalue weighted by Gasteiger charge is 2.26. The fourth-order valence-corrected chi connectivity index (χ4v) is 4.35. The van der Waals surface area contributed by atoms with E-state index in [-0.39, 0.29) is 5.91 Å². The zero-order chi connectivity index (χ0) is 19.0. The summed E-state index contributed by atoms with van der Waals surface area (Å²) in [6.45, 7) is 11.0. The van der Waals surface area contributed by atoms with Gasteiger partial charge in [-0.15, -0.1) is 0 Å². The van der Waals surface area contributed by atoms with Gasteiger partial charge in [-0.2, -0.15) is 10.2 Å². The van der Waals surface area contributed by atoms with Crippen LogP contribution in [0, 0.1) is 13.8 Å². The molecule has 27 heavy (non-hydrogen) atoms. The number of H-pyrrole nitrogens is 1. The molecular formula is C20H30N6O. The van der Waals surface area contributed by atoms with Crippen molar-refractivity contribution in [1.82, 2.24) is 29.8 Å². The summed E-state index contributed by atoms with van der Waals surface area (Å²) < 4.78 is 2.05. The summed E-state index contributed by atoms with van der Waals surface area (Å²) in [7, 11) is 0. The van der Waals surface area contributed by atoms with Crippen LogP contribution in [0.4, 0.5) is 0 Å². The first-order chi connectivity index (χ1) is 13.0. The number of nitrogens with one attached hydrogen (secondary N) is 1. The third-order valence-electron chi connectivity index (χ3n) is 6.06. The zero-order valence-corrected chi connectivity index (χ0v) is 16.7. The Morgan fingerprint density at radius 3 is 2.67 bits per heavy atom. The van der Waals surface area contributed by atoms with Crippen molar-refractivity contribution in [2.24, 2.45) is 0 Å². The summed E-state index contributed by atoms with van der Waals surface area (Å²) in [6, 6.07) is 2.43. The number of hydrogen-bond acceptors (Lipinski definition) is 4. The second-order valence-corrected chi connectivity index (χ2v) is 8.03. The number of aryl methyl sites for hydroxylation is 3. The van der Waals surface area contributed by atoms with Crippen LogP contribution < -0.4 is 0 Å². The molecule has 7 heteroatoms. The summed E-state index contributed by atoms with van der Waals surface area (Å²) in [4.78, 5) is 17.1. The molecule has 0 spiro atoms. The van der Waals surface area contributed by atoms with Crippen LogP contribution in [-0.4, -0.2) is 61.4 Å². The molecule has 1 atom stereocenters. The molecule has 0 bridgehead atoms. The van der Waals surface area contributed by atoms with E-state index in [0.29, 0.717) is 11.7 Å². The van der Waals surface area contributed by atoms with E-state index in [1.54, 1.807) is 0 Å². The average molecular weight is 371 g/mol. The fourth-order valence-electron chi connectivity index (χ4n) is 4.35. The molecule has 2 aliphatic heterocycles. The molecule has 2 aromatic rings. The lowest BCUT2D eigenvalue weighted by Gasteiger charge is -2.27. The van der Waals surface area contributed by atoms with E-state index < -0.39 is 0 Å². The predicted molar refractivity (Wildman–Crippen MR) is 104 cm³/mol. The number of nitrogens with zero attached hydrogens (tertiary/aromatic N) is 5. The third kappa shape index (κ3) is 3.65. The number of carbonyl (C=O) groups is 1. The molecule has 1 amide bonds. The second-order valence-electron chi connectivity index (χ2n) is 8.03. The quantitative estimate of drug-likeness (QED) is 0.896. The lowest BCUT2D eigenvalue weighted by molar-refractivity contribution is 0.0786. The first kappa shape index (κ1) is 18.2. The highest BCUT2D eigenvalue weighted by atomic mass is 16.2. The molecule has 1 unspecified atom stereocenters. The molecule has 4 heterocycles. The van der Waals surface area contributed by atoms with Gasteiger partial charge in [0.1, 0.15) is 0 Å². The lowest BCUT2D eigenvalue weighted by Crippen LogP contribution is -2.34. The van der Waals surface area contributed by atoms with Crippen molar-refractivity contribution in [3.8, 4) is 0 Å². The molecule has 0 saturated carbocycles. The molecule has 1 fully saturated rings. The number of amides is 1. The molecule has 7 nitrogen and oxygen atoms in total. The molecule has 4 rings (SSSR count). The fraction of sp³-hybridized carbons (Fsp3) is 0.650. The molecular weight excluding hydrogens is 340 g/mol. The van der Waals surface area contributed by atoms with E-state index in [9.17, 15) is 4.79 Å². The Hall–Kier alpha value is -2.15. The van der Waals surface area contributed by atoms with Crippen LogP contribution in [0.2, 0.25) is 0 Å². The highest BCUT2D eigenvalue weighted by Crippen LogP contribution is 2.21. The summed E-state index contributed by atoms with van der Waals surface area (Å²) in [6.07, 6.45) is 4.26. The zero-order valence-electron chi connectivity index (χ0n) is 16.7. The van der Waals surface area contributed by atoms with Gasteiger partial charge in [-0.25, -0.2) is 0 Å². The monoisotopic (exact) mass is 370 g/mol. The Balaban J connectivity index is 1.48. The Morgan fingerprint density at radius 2 is 1.96 bits per heavy atom. The lowest BCUT2D eigenvalue weighted by atomic mass is 10.0. The summed E-state index contributed by atoms with van der Waals surface area (Å²) >= 11 is 0. The number of rotatable bonds is 4. The van der Waals surface area contributed by atoms with Gasteiger partial charge in [-0.3, -0.25) is 19.5 Å². The summed E-state index contributed by atoms with van der Waals surface area (Å²) in [5.74, 6) is 0.0947. The van der Waals surface area contributed by atoms with Crippen LogP contribution >= 0.6 is 0 Å². The molecule has 2 aliphatic rings. The summed E-state index contributed by atoms with van der Waals surface area (Å²) in [5, 5.41) is 12.1.